The molecule has 1 saturated heterocycles. The Kier molecular flexibility index (Phi) is 5.73. The molecule has 3 nitrogen and oxygen atoms in total. The number of rotatable bonds is 5. The Balaban J connectivity index is 1.50. The zero-order chi connectivity index (χ0) is 15.9. The summed E-state index contributed by atoms with van der Waals surface area (Å²) in [5.74, 6) is 0. The van der Waals surface area contributed by atoms with E-state index < -0.39 is 0 Å². The van der Waals surface area contributed by atoms with Crippen LogP contribution in [0, 0.1) is 0 Å². The van der Waals surface area contributed by atoms with Crippen LogP contribution in [0.15, 0.2) is 60.7 Å². The van der Waals surface area contributed by atoms with Crippen molar-refractivity contribution < 1.29 is 9.53 Å². The third kappa shape index (κ3) is 4.60. The number of hydrogen-bond acceptors (Lipinski definition) is 2. The normalized spacial score (nSPS) is 17.2. The average Bonchev–Trinajstić information content (AvgIpc) is 3.08. The molecule has 1 heterocycles. The molecule has 1 atom stereocenters. The molecule has 0 bridgehead atoms. The van der Waals surface area contributed by atoms with Crippen molar-refractivity contribution in [1.82, 2.24) is 4.90 Å². The Bertz CT molecular complexity index is 618. The fraction of sp³-hybridized carbons (Fsp3) is 0.316. The van der Waals surface area contributed by atoms with E-state index in [0.29, 0.717) is 27.6 Å². The Labute approximate surface area is 143 Å². The molecule has 120 valence electrons. The zero-order valence-corrected chi connectivity index (χ0v) is 14.8. The van der Waals surface area contributed by atoms with Gasteiger partial charge in [0.15, 0.2) is 0 Å². The molecule has 2 aromatic rings. The molecule has 0 aromatic heterocycles. The Morgan fingerprint density at radius 3 is 2.52 bits per heavy atom. The quantitative estimate of drug-likeness (QED) is 0.752. The zero-order valence-electron chi connectivity index (χ0n) is 13.1. The van der Waals surface area contributed by atoms with Crippen LogP contribution in [0.1, 0.15) is 18.4 Å². The number of benzene rings is 2. The summed E-state index contributed by atoms with van der Waals surface area (Å²) in [4.78, 5) is 14.3. The molecular formula is C19H21NO2Se. The van der Waals surface area contributed by atoms with E-state index in [9.17, 15) is 4.79 Å². The maximum atomic E-state index is 12.4. The van der Waals surface area contributed by atoms with Crippen LogP contribution in [0.25, 0.3) is 0 Å². The van der Waals surface area contributed by atoms with Crippen molar-refractivity contribution in [3.63, 3.8) is 0 Å². The second-order valence-corrected chi connectivity index (χ2v) is 7.95. The van der Waals surface area contributed by atoms with E-state index in [1.807, 2.05) is 41.3 Å². The Morgan fingerprint density at radius 1 is 1.09 bits per heavy atom. The number of hydrogen-bond donors (Lipinski definition) is 0. The van der Waals surface area contributed by atoms with E-state index in [1.165, 1.54) is 4.46 Å². The summed E-state index contributed by atoms with van der Waals surface area (Å²) in [5, 5.41) is 1.07. The minimum absolute atomic E-state index is 0.166. The van der Waals surface area contributed by atoms with E-state index in [4.69, 9.17) is 4.74 Å². The van der Waals surface area contributed by atoms with Gasteiger partial charge in [0.05, 0.1) is 0 Å². The topological polar surface area (TPSA) is 29.5 Å². The van der Waals surface area contributed by atoms with Crippen LogP contribution in [-0.4, -0.2) is 38.5 Å². The number of nitrogens with zero attached hydrogens (tertiary/aromatic N) is 1. The number of carbonyl (C=O) groups is 1. The van der Waals surface area contributed by atoms with E-state index >= 15 is 0 Å². The van der Waals surface area contributed by atoms with Crippen LogP contribution in [0.4, 0.5) is 4.79 Å². The van der Waals surface area contributed by atoms with Crippen molar-refractivity contribution in [2.24, 2.45) is 0 Å². The Morgan fingerprint density at radius 2 is 1.78 bits per heavy atom. The van der Waals surface area contributed by atoms with Gasteiger partial charge in [-0.2, -0.15) is 0 Å². The fourth-order valence-corrected chi connectivity index (χ4v) is 5.03. The third-order valence-corrected chi connectivity index (χ3v) is 6.43. The molecule has 23 heavy (non-hydrogen) atoms. The minimum atomic E-state index is -0.166. The first-order valence-electron chi connectivity index (χ1n) is 7.98. The number of ether oxygens (including phenoxy) is 1. The van der Waals surface area contributed by atoms with Crippen LogP contribution in [0.2, 0.25) is 5.32 Å². The van der Waals surface area contributed by atoms with E-state index in [2.05, 4.69) is 24.3 Å². The van der Waals surface area contributed by atoms with Gasteiger partial charge in [-0.25, -0.2) is 0 Å². The van der Waals surface area contributed by atoms with Gasteiger partial charge in [-0.3, -0.25) is 0 Å². The molecule has 0 saturated carbocycles. The van der Waals surface area contributed by atoms with Crippen molar-refractivity contribution in [2.45, 2.75) is 30.8 Å². The third-order valence-electron chi connectivity index (χ3n) is 4.00. The van der Waals surface area contributed by atoms with Crippen molar-refractivity contribution in [2.75, 3.05) is 6.54 Å². The van der Waals surface area contributed by atoms with Crippen LogP contribution >= 0.6 is 0 Å². The molecule has 0 radical (unpaired) electrons. The van der Waals surface area contributed by atoms with Crippen LogP contribution in [0.5, 0.6) is 0 Å². The fourth-order valence-electron chi connectivity index (χ4n) is 2.76. The van der Waals surface area contributed by atoms with Crippen molar-refractivity contribution in [1.29, 1.82) is 0 Å². The molecule has 1 unspecified atom stereocenters. The molecule has 4 heteroatoms. The molecule has 1 aliphatic heterocycles. The molecule has 3 rings (SSSR count). The molecule has 1 aliphatic rings. The van der Waals surface area contributed by atoms with Gasteiger partial charge >= 0.3 is 144 Å². The molecular weight excluding hydrogens is 353 g/mol. The van der Waals surface area contributed by atoms with Gasteiger partial charge in [0, 0.05) is 0 Å². The summed E-state index contributed by atoms with van der Waals surface area (Å²) in [5.41, 5.74) is 1.03. The van der Waals surface area contributed by atoms with Gasteiger partial charge in [0.25, 0.3) is 0 Å². The number of amides is 1. The number of carbonyl (C=O) groups excluding carboxylic acids is 1. The van der Waals surface area contributed by atoms with Gasteiger partial charge in [-0.05, 0) is 0 Å². The van der Waals surface area contributed by atoms with Crippen molar-refractivity contribution in [3.8, 4) is 0 Å². The average molecular weight is 374 g/mol. The van der Waals surface area contributed by atoms with Crippen LogP contribution < -0.4 is 4.46 Å². The van der Waals surface area contributed by atoms with Gasteiger partial charge in [0.2, 0.25) is 0 Å². The SMILES string of the molecule is O=C(OCc1ccccc1)N1CCCC1C[Se]c1ccccc1. The molecule has 1 amide bonds. The van der Waals surface area contributed by atoms with Crippen LogP contribution in [-0.2, 0) is 11.3 Å². The Hall–Kier alpha value is -1.77. The molecule has 0 aliphatic carbocycles. The second-order valence-electron chi connectivity index (χ2n) is 5.65. The van der Waals surface area contributed by atoms with Gasteiger partial charge in [-0.15, -0.1) is 0 Å². The summed E-state index contributed by atoms with van der Waals surface area (Å²) in [6, 6.07) is 20.7. The predicted octanol–water partition coefficient (Wildman–Crippen LogP) is 3.24. The van der Waals surface area contributed by atoms with Crippen molar-refractivity contribution >= 4 is 25.5 Å². The second kappa shape index (κ2) is 8.19. The summed E-state index contributed by atoms with van der Waals surface area (Å²) in [6.45, 7) is 1.18. The van der Waals surface area contributed by atoms with Crippen molar-refractivity contribution in [3.05, 3.63) is 66.2 Å². The van der Waals surface area contributed by atoms with Gasteiger partial charge in [0.1, 0.15) is 0 Å². The standard InChI is InChI=1S/C19H21NO2Se/c21-19(22-14-16-8-3-1-4-9-16)20-13-7-10-17(20)15-23-18-11-5-2-6-12-18/h1-6,8-9,11-12,17H,7,10,13-15H2. The van der Waals surface area contributed by atoms with E-state index in [0.717, 1.165) is 30.3 Å². The first kappa shape index (κ1) is 16.1. The van der Waals surface area contributed by atoms with E-state index in [-0.39, 0.29) is 6.09 Å². The van der Waals surface area contributed by atoms with Gasteiger partial charge < -0.3 is 0 Å². The first-order chi connectivity index (χ1) is 11.3. The molecule has 0 spiro atoms. The number of likely N-dealkylation sites (tertiary alicyclic amines) is 1. The molecule has 1 fully saturated rings. The summed E-state index contributed by atoms with van der Waals surface area (Å²) >= 11 is 0.411. The predicted molar refractivity (Wildman–Crippen MR) is 93.0 cm³/mol. The summed E-state index contributed by atoms with van der Waals surface area (Å²) in [6.07, 6.45) is 2.01. The maximum absolute atomic E-state index is 12.4. The monoisotopic (exact) mass is 375 g/mol. The summed E-state index contributed by atoms with van der Waals surface area (Å²) in [7, 11) is 0. The van der Waals surface area contributed by atoms with E-state index in [1.54, 1.807) is 0 Å². The molecule has 0 N–H and O–H groups in total. The van der Waals surface area contributed by atoms with Gasteiger partial charge in [-0.1, -0.05) is 0 Å². The summed E-state index contributed by atoms with van der Waals surface area (Å²) < 4.78 is 6.88. The molecule has 2 aromatic carbocycles. The van der Waals surface area contributed by atoms with Crippen LogP contribution in [0.3, 0.4) is 0 Å². The first-order valence-corrected chi connectivity index (χ1v) is 10.0.